The van der Waals surface area contributed by atoms with Crippen LogP contribution in [0.2, 0.25) is 0 Å². The van der Waals surface area contributed by atoms with Crippen LogP contribution in [0.25, 0.3) is 11.3 Å². The number of thiazole rings is 1. The first-order chi connectivity index (χ1) is 15.0. The van der Waals surface area contributed by atoms with E-state index in [1.807, 2.05) is 42.6 Å². The van der Waals surface area contributed by atoms with Crippen molar-refractivity contribution in [2.75, 3.05) is 17.7 Å². The number of benzene rings is 2. The van der Waals surface area contributed by atoms with Crippen molar-refractivity contribution >= 4 is 45.3 Å². The van der Waals surface area contributed by atoms with Crippen LogP contribution in [0.3, 0.4) is 0 Å². The quantitative estimate of drug-likeness (QED) is 0.396. The Kier molecular flexibility index (Phi) is 6.11. The highest BCUT2D eigenvalue weighted by molar-refractivity contribution is 7.16. The number of thiophene rings is 1. The van der Waals surface area contributed by atoms with Crippen LogP contribution in [-0.2, 0) is 0 Å². The van der Waals surface area contributed by atoms with Crippen molar-refractivity contribution in [3.8, 4) is 17.0 Å². The minimum Gasteiger partial charge on any atom is -0.497 e. The molecule has 4 rings (SSSR count). The molecule has 156 valence electrons. The van der Waals surface area contributed by atoms with E-state index in [1.165, 1.54) is 22.7 Å². The maximum absolute atomic E-state index is 12.6. The van der Waals surface area contributed by atoms with Crippen LogP contribution in [0.5, 0.6) is 5.75 Å². The molecule has 8 heteroatoms. The van der Waals surface area contributed by atoms with E-state index in [-0.39, 0.29) is 11.8 Å². The molecule has 0 atom stereocenters. The highest BCUT2D eigenvalue weighted by Crippen LogP contribution is 2.31. The number of carbonyl (C=O) groups excluding carboxylic acids is 2. The van der Waals surface area contributed by atoms with E-state index in [1.54, 1.807) is 37.4 Å². The number of carbonyl (C=O) groups is 2. The van der Waals surface area contributed by atoms with Gasteiger partial charge in [0.1, 0.15) is 5.75 Å². The minimum absolute atomic E-state index is 0.170. The lowest BCUT2D eigenvalue weighted by molar-refractivity contribution is 0.102. The van der Waals surface area contributed by atoms with Crippen molar-refractivity contribution in [3.63, 3.8) is 0 Å². The lowest BCUT2D eigenvalue weighted by Crippen LogP contribution is -2.13. The molecule has 6 nitrogen and oxygen atoms in total. The van der Waals surface area contributed by atoms with Gasteiger partial charge in [0.05, 0.1) is 17.7 Å². The van der Waals surface area contributed by atoms with Gasteiger partial charge in [-0.3, -0.25) is 14.9 Å². The number of ether oxygens (including phenoxy) is 1. The fraction of sp³-hybridized carbons (Fsp3) is 0.0870. The lowest BCUT2D eigenvalue weighted by Gasteiger charge is -2.06. The first kappa shape index (κ1) is 20.8. The topological polar surface area (TPSA) is 80.3 Å². The van der Waals surface area contributed by atoms with E-state index in [2.05, 4.69) is 15.6 Å². The number of aromatic nitrogens is 1. The zero-order valence-corrected chi connectivity index (χ0v) is 18.5. The maximum atomic E-state index is 12.6. The van der Waals surface area contributed by atoms with Gasteiger partial charge in [-0.25, -0.2) is 4.98 Å². The third-order valence-electron chi connectivity index (χ3n) is 4.53. The molecule has 4 aromatic rings. The predicted octanol–water partition coefficient (Wildman–Crippen LogP) is 5.69. The summed E-state index contributed by atoms with van der Waals surface area (Å²) in [5, 5.41) is 8.05. The van der Waals surface area contributed by atoms with Gasteiger partial charge < -0.3 is 10.1 Å². The number of methoxy groups -OCH3 is 1. The standard InChI is InChI=1S/C23H19N3O3S2/c1-14-20(15-7-11-18(29-2)12-8-15)25-23(31-14)26-21(27)16-5-9-17(10-6-16)24-22(28)19-4-3-13-30-19/h3-13H,1-2H3,(H,24,28)(H,25,26,27). The molecule has 2 amide bonds. The molecule has 0 bridgehead atoms. The summed E-state index contributed by atoms with van der Waals surface area (Å²) in [5.41, 5.74) is 2.89. The van der Waals surface area contributed by atoms with Gasteiger partial charge in [-0.15, -0.1) is 22.7 Å². The van der Waals surface area contributed by atoms with Crippen molar-refractivity contribution in [3.05, 3.63) is 81.4 Å². The number of amides is 2. The number of aryl methyl sites for hydroxylation is 1. The molecular formula is C23H19N3O3S2. The average Bonchev–Trinajstić information content (AvgIpc) is 3.44. The van der Waals surface area contributed by atoms with Crippen molar-refractivity contribution in [2.24, 2.45) is 0 Å². The molecule has 2 aromatic carbocycles. The van der Waals surface area contributed by atoms with E-state index in [0.717, 1.165) is 21.9 Å². The van der Waals surface area contributed by atoms with Gasteiger partial charge in [-0.05, 0) is 66.9 Å². The number of nitrogens with one attached hydrogen (secondary N) is 2. The molecule has 0 spiro atoms. The monoisotopic (exact) mass is 449 g/mol. The third kappa shape index (κ3) is 4.82. The van der Waals surface area contributed by atoms with Crippen LogP contribution >= 0.6 is 22.7 Å². The second-order valence-corrected chi connectivity index (χ2v) is 8.77. The van der Waals surface area contributed by atoms with Crippen molar-refractivity contribution in [1.82, 2.24) is 4.98 Å². The molecule has 0 aliphatic heterocycles. The second kappa shape index (κ2) is 9.11. The van der Waals surface area contributed by atoms with Crippen LogP contribution in [0.1, 0.15) is 24.9 Å². The van der Waals surface area contributed by atoms with Gasteiger partial charge >= 0.3 is 0 Å². The van der Waals surface area contributed by atoms with Crippen LogP contribution < -0.4 is 15.4 Å². The molecule has 0 saturated carbocycles. The molecule has 2 N–H and O–H groups in total. The summed E-state index contributed by atoms with van der Waals surface area (Å²) in [4.78, 5) is 31.0. The molecule has 0 aliphatic rings. The zero-order chi connectivity index (χ0) is 21.8. The molecule has 0 fully saturated rings. The maximum Gasteiger partial charge on any atom is 0.265 e. The van der Waals surface area contributed by atoms with Crippen molar-refractivity contribution < 1.29 is 14.3 Å². The van der Waals surface area contributed by atoms with Gasteiger partial charge in [-0.2, -0.15) is 0 Å². The van der Waals surface area contributed by atoms with Gasteiger partial charge in [0.25, 0.3) is 11.8 Å². The summed E-state index contributed by atoms with van der Waals surface area (Å²) in [6, 6.07) is 18.0. The number of hydrogen-bond donors (Lipinski definition) is 2. The largest absolute Gasteiger partial charge is 0.497 e. The van der Waals surface area contributed by atoms with E-state index in [0.29, 0.717) is 21.3 Å². The Balaban J connectivity index is 1.43. The van der Waals surface area contributed by atoms with E-state index < -0.39 is 0 Å². The summed E-state index contributed by atoms with van der Waals surface area (Å²) in [6.07, 6.45) is 0. The number of hydrogen-bond acceptors (Lipinski definition) is 6. The van der Waals surface area contributed by atoms with Crippen LogP contribution in [-0.4, -0.2) is 23.9 Å². The molecule has 0 unspecified atom stereocenters. The SMILES string of the molecule is COc1ccc(-c2nc(NC(=O)c3ccc(NC(=O)c4cccs4)cc3)sc2C)cc1. The fourth-order valence-corrected chi connectivity index (χ4v) is 4.39. The normalized spacial score (nSPS) is 10.5. The van der Waals surface area contributed by atoms with Gasteiger partial charge in [0.15, 0.2) is 5.13 Å². The first-order valence-electron chi connectivity index (χ1n) is 9.41. The summed E-state index contributed by atoms with van der Waals surface area (Å²) in [7, 11) is 1.63. The molecule has 0 saturated heterocycles. The molecule has 2 aromatic heterocycles. The smallest absolute Gasteiger partial charge is 0.265 e. The summed E-state index contributed by atoms with van der Waals surface area (Å²) >= 11 is 2.80. The third-order valence-corrected chi connectivity index (χ3v) is 6.29. The Morgan fingerprint density at radius 1 is 0.935 bits per heavy atom. The van der Waals surface area contributed by atoms with E-state index in [9.17, 15) is 9.59 Å². The van der Waals surface area contributed by atoms with Crippen LogP contribution in [0.15, 0.2) is 66.0 Å². The summed E-state index contributed by atoms with van der Waals surface area (Å²) < 4.78 is 5.19. The van der Waals surface area contributed by atoms with Gasteiger partial charge in [0, 0.05) is 21.7 Å². The zero-order valence-electron chi connectivity index (χ0n) is 16.8. The van der Waals surface area contributed by atoms with E-state index >= 15 is 0 Å². The van der Waals surface area contributed by atoms with E-state index in [4.69, 9.17) is 4.74 Å². The number of nitrogens with zero attached hydrogens (tertiary/aromatic N) is 1. The van der Waals surface area contributed by atoms with Crippen molar-refractivity contribution in [1.29, 1.82) is 0 Å². The highest BCUT2D eigenvalue weighted by atomic mass is 32.1. The molecular weight excluding hydrogens is 430 g/mol. The van der Waals surface area contributed by atoms with Crippen LogP contribution in [0, 0.1) is 6.92 Å². The minimum atomic E-state index is -0.258. The Bertz CT molecular complexity index is 1200. The second-order valence-electron chi connectivity index (χ2n) is 6.62. The average molecular weight is 450 g/mol. The van der Waals surface area contributed by atoms with Crippen molar-refractivity contribution in [2.45, 2.75) is 6.92 Å². The Hall–Kier alpha value is -3.49. The van der Waals surface area contributed by atoms with Crippen LogP contribution in [0.4, 0.5) is 10.8 Å². The first-order valence-corrected chi connectivity index (χ1v) is 11.1. The Labute approximate surface area is 187 Å². The predicted molar refractivity (Wildman–Crippen MR) is 126 cm³/mol. The fourth-order valence-electron chi connectivity index (χ4n) is 2.94. The summed E-state index contributed by atoms with van der Waals surface area (Å²) in [6.45, 7) is 1.97. The molecule has 31 heavy (non-hydrogen) atoms. The number of anilines is 2. The van der Waals surface area contributed by atoms with Gasteiger partial charge in [-0.1, -0.05) is 6.07 Å². The highest BCUT2D eigenvalue weighted by Gasteiger charge is 2.14. The lowest BCUT2D eigenvalue weighted by atomic mass is 10.1. The Morgan fingerprint density at radius 2 is 1.68 bits per heavy atom. The summed E-state index contributed by atoms with van der Waals surface area (Å²) in [5.74, 6) is 0.350. The number of rotatable bonds is 6. The molecule has 0 radical (unpaired) electrons. The van der Waals surface area contributed by atoms with Gasteiger partial charge in [0.2, 0.25) is 0 Å². The Morgan fingerprint density at radius 3 is 2.32 bits per heavy atom. The molecule has 0 aliphatic carbocycles. The molecule has 2 heterocycles.